The van der Waals surface area contributed by atoms with E-state index in [0.29, 0.717) is 5.56 Å². The Labute approximate surface area is 117 Å². The topological polar surface area (TPSA) is 55.2 Å². The Bertz CT molecular complexity index is 644. The number of carbonyl (C=O) groups excluding carboxylic acids is 2. The molecule has 1 aromatic carbocycles. The van der Waals surface area contributed by atoms with Crippen molar-refractivity contribution in [3.8, 4) is 11.1 Å². The van der Waals surface area contributed by atoms with Gasteiger partial charge in [0.05, 0.1) is 6.20 Å². The molecule has 0 saturated carbocycles. The van der Waals surface area contributed by atoms with Gasteiger partial charge in [0.2, 0.25) is 5.91 Å². The van der Waals surface area contributed by atoms with Gasteiger partial charge in [-0.05, 0) is 18.6 Å². The van der Waals surface area contributed by atoms with Crippen molar-refractivity contribution in [2.45, 2.75) is 13.5 Å². The van der Waals surface area contributed by atoms with E-state index in [4.69, 9.17) is 0 Å². The lowest BCUT2D eigenvalue weighted by atomic mass is 10.0. The number of hydrogen-bond donors (Lipinski definition) is 0. The Morgan fingerprint density at radius 3 is 2.65 bits per heavy atom. The number of amides is 1. The number of Topliss-reactive ketones (excluding diaryl/α,β-unsaturated/α-hetero) is 1. The van der Waals surface area contributed by atoms with E-state index in [1.807, 2.05) is 18.2 Å². The molecule has 1 aromatic heterocycles. The van der Waals surface area contributed by atoms with E-state index in [1.54, 1.807) is 37.2 Å². The van der Waals surface area contributed by atoms with Crippen molar-refractivity contribution in [1.82, 2.24) is 14.7 Å². The van der Waals surface area contributed by atoms with Crippen LogP contribution >= 0.6 is 0 Å². The summed E-state index contributed by atoms with van der Waals surface area (Å²) in [7, 11) is 3.42. The first-order valence-corrected chi connectivity index (χ1v) is 6.31. The summed E-state index contributed by atoms with van der Waals surface area (Å²) >= 11 is 0. The third-order valence-electron chi connectivity index (χ3n) is 3.03. The summed E-state index contributed by atoms with van der Waals surface area (Å²) in [5, 5.41) is 4.17. The van der Waals surface area contributed by atoms with Crippen molar-refractivity contribution in [2.75, 3.05) is 14.1 Å². The fourth-order valence-electron chi connectivity index (χ4n) is 1.80. The van der Waals surface area contributed by atoms with Crippen molar-refractivity contribution >= 4 is 11.7 Å². The second-order valence-corrected chi connectivity index (χ2v) is 4.85. The molecule has 104 valence electrons. The molecular weight excluding hydrogens is 254 g/mol. The summed E-state index contributed by atoms with van der Waals surface area (Å²) in [6.07, 6.45) is 3.50. The minimum absolute atomic E-state index is 0.0165. The largest absolute Gasteiger partial charge is 0.347 e. The molecule has 0 spiro atoms. The van der Waals surface area contributed by atoms with Crippen LogP contribution in [-0.4, -0.2) is 40.5 Å². The van der Waals surface area contributed by atoms with Gasteiger partial charge < -0.3 is 4.90 Å². The van der Waals surface area contributed by atoms with Crippen molar-refractivity contribution < 1.29 is 9.59 Å². The summed E-state index contributed by atoms with van der Waals surface area (Å²) in [5.41, 5.74) is 2.47. The van der Waals surface area contributed by atoms with Gasteiger partial charge in [0, 0.05) is 31.4 Å². The molecule has 2 aromatic rings. The van der Waals surface area contributed by atoms with Crippen LogP contribution in [-0.2, 0) is 11.3 Å². The van der Waals surface area contributed by atoms with E-state index in [-0.39, 0.29) is 18.2 Å². The van der Waals surface area contributed by atoms with Crippen molar-refractivity contribution in [2.24, 2.45) is 0 Å². The van der Waals surface area contributed by atoms with E-state index in [1.165, 1.54) is 11.8 Å². The Morgan fingerprint density at radius 2 is 2.00 bits per heavy atom. The lowest BCUT2D eigenvalue weighted by molar-refractivity contribution is -0.129. The molecule has 1 amide bonds. The van der Waals surface area contributed by atoms with Crippen molar-refractivity contribution in [3.63, 3.8) is 0 Å². The smallest absolute Gasteiger partial charge is 0.243 e. The zero-order valence-electron chi connectivity index (χ0n) is 11.8. The van der Waals surface area contributed by atoms with Crippen LogP contribution in [0.4, 0.5) is 0 Å². The molecule has 0 atom stereocenters. The highest BCUT2D eigenvalue weighted by molar-refractivity contribution is 5.95. The summed E-state index contributed by atoms with van der Waals surface area (Å²) < 4.78 is 1.60. The van der Waals surface area contributed by atoms with Crippen LogP contribution in [0.5, 0.6) is 0 Å². The quantitative estimate of drug-likeness (QED) is 0.797. The zero-order chi connectivity index (χ0) is 14.7. The van der Waals surface area contributed by atoms with Crippen LogP contribution in [0, 0.1) is 0 Å². The number of nitrogens with zero attached hydrogens (tertiary/aromatic N) is 3. The Balaban J connectivity index is 2.22. The van der Waals surface area contributed by atoms with Crippen molar-refractivity contribution in [3.05, 3.63) is 42.2 Å². The predicted molar refractivity (Wildman–Crippen MR) is 76.4 cm³/mol. The molecule has 0 saturated heterocycles. The molecule has 0 fully saturated rings. The molecule has 0 radical (unpaired) electrons. The van der Waals surface area contributed by atoms with Gasteiger partial charge in [0.15, 0.2) is 5.78 Å². The van der Waals surface area contributed by atoms with Gasteiger partial charge in [-0.15, -0.1) is 0 Å². The van der Waals surface area contributed by atoms with Gasteiger partial charge in [-0.25, -0.2) is 0 Å². The maximum Gasteiger partial charge on any atom is 0.243 e. The third-order valence-corrected chi connectivity index (χ3v) is 3.03. The van der Waals surface area contributed by atoms with E-state index in [2.05, 4.69) is 5.10 Å². The normalized spacial score (nSPS) is 10.3. The number of aromatic nitrogens is 2. The number of hydrogen-bond acceptors (Lipinski definition) is 3. The van der Waals surface area contributed by atoms with Gasteiger partial charge in [-0.2, -0.15) is 5.10 Å². The number of ketones is 1. The summed E-state index contributed by atoms with van der Waals surface area (Å²) in [5.74, 6) is 0.0131. The standard InChI is InChI=1S/C15H17N3O2/c1-11(19)12-5-4-6-13(7-12)14-8-16-18(9-14)10-15(20)17(2)3/h4-9H,10H2,1-3H3. The minimum Gasteiger partial charge on any atom is -0.347 e. The Hall–Kier alpha value is -2.43. The molecule has 0 bridgehead atoms. The van der Waals surface area contributed by atoms with Gasteiger partial charge >= 0.3 is 0 Å². The molecule has 5 heteroatoms. The maximum atomic E-state index is 11.6. The minimum atomic E-state index is -0.0165. The average molecular weight is 271 g/mol. The average Bonchev–Trinajstić information content (AvgIpc) is 2.87. The lowest BCUT2D eigenvalue weighted by Gasteiger charge is -2.09. The molecule has 0 unspecified atom stereocenters. The number of rotatable bonds is 4. The SMILES string of the molecule is CC(=O)c1cccc(-c2cnn(CC(=O)N(C)C)c2)c1. The number of benzene rings is 1. The lowest BCUT2D eigenvalue weighted by Crippen LogP contribution is -2.26. The highest BCUT2D eigenvalue weighted by Gasteiger charge is 2.08. The molecule has 20 heavy (non-hydrogen) atoms. The molecule has 2 rings (SSSR count). The zero-order valence-corrected chi connectivity index (χ0v) is 11.8. The third kappa shape index (κ3) is 3.12. The molecule has 1 heterocycles. The first-order chi connectivity index (χ1) is 9.47. The number of likely N-dealkylation sites (N-methyl/N-ethyl adjacent to an activating group) is 1. The van der Waals surface area contributed by atoms with Crippen LogP contribution in [0.25, 0.3) is 11.1 Å². The summed E-state index contributed by atoms with van der Waals surface area (Å²) in [6.45, 7) is 1.75. The predicted octanol–water partition coefficient (Wildman–Crippen LogP) is 1.84. The van der Waals surface area contributed by atoms with Gasteiger partial charge in [0.1, 0.15) is 6.54 Å². The van der Waals surface area contributed by atoms with Gasteiger partial charge in [-0.1, -0.05) is 18.2 Å². The number of carbonyl (C=O) groups is 2. The fraction of sp³-hybridized carbons (Fsp3) is 0.267. The van der Waals surface area contributed by atoms with E-state index >= 15 is 0 Å². The second kappa shape index (κ2) is 5.69. The van der Waals surface area contributed by atoms with Gasteiger partial charge in [0.25, 0.3) is 0 Å². The fourth-order valence-corrected chi connectivity index (χ4v) is 1.80. The Morgan fingerprint density at radius 1 is 1.25 bits per heavy atom. The molecule has 0 aliphatic heterocycles. The first-order valence-electron chi connectivity index (χ1n) is 6.31. The van der Waals surface area contributed by atoms with Crippen LogP contribution in [0.15, 0.2) is 36.7 Å². The molecule has 0 N–H and O–H groups in total. The molecule has 5 nitrogen and oxygen atoms in total. The van der Waals surface area contributed by atoms with Crippen LogP contribution in [0.1, 0.15) is 17.3 Å². The van der Waals surface area contributed by atoms with E-state index in [9.17, 15) is 9.59 Å². The molecule has 0 aliphatic carbocycles. The second-order valence-electron chi connectivity index (χ2n) is 4.85. The highest BCUT2D eigenvalue weighted by atomic mass is 16.2. The van der Waals surface area contributed by atoms with Crippen molar-refractivity contribution in [1.29, 1.82) is 0 Å². The van der Waals surface area contributed by atoms with E-state index in [0.717, 1.165) is 11.1 Å². The van der Waals surface area contributed by atoms with Crippen LogP contribution < -0.4 is 0 Å². The van der Waals surface area contributed by atoms with Crippen LogP contribution in [0.3, 0.4) is 0 Å². The first kappa shape index (κ1) is 14.0. The summed E-state index contributed by atoms with van der Waals surface area (Å²) in [4.78, 5) is 24.5. The highest BCUT2D eigenvalue weighted by Crippen LogP contribution is 2.20. The maximum absolute atomic E-state index is 11.6. The Kier molecular flexibility index (Phi) is 3.98. The van der Waals surface area contributed by atoms with Gasteiger partial charge in [-0.3, -0.25) is 14.3 Å². The monoisotopic (exact) mass is 271 g/mol. The van der Waals surface area contributed by atoms with E-state index < -0.39 is 0 Å². The van der Waals surface area contributed by atoms with Crippen LogP contribution in [0.2, 0.25) is 0 Å². The molecular formula is C15H17N3O2. The summed E-state index contributed by atoms with van der Waals surface area (Å²) in [6, 6.07) is 7.37. The molecule has 0 aliphatic rings.